The largest absolute Gasteiger partial charge is 0.493 e. The third-order valence-corrected chi connectivity index (χ3v) is 4.22. The second-order valence-corrected chi connectivity index (χ2v) is 6.24. The summed E-state index contributed by atoms with van der Waals surface area (Å²) in [6.45, 7) is 2.53. The van der Waals surface area contributed by atoms with E-state index in [4.69, 9.17) is 9.47 Å². The molecule has 0 saturated heterocycles. The number of methoxy groups -OCH3 is 1. The predicted molar refractivity (Wildman–Crippen MR) is 99.2 cm³/mol. The van der Waals surface area contributed by atoms with Crippen molar-refractivity contribution in [3.8, 4) is 11.5 Å². The number of aromatic nitrogens is 3. The zero-order valence-electron chi connectivity index (χ0n) is 13.9. The maximum atomic E-state index is 5.92. The number of aryl methyl sites for hydroxylation is 1. The molecule has 0 spiro atoms. The summed E-state index contributed by atoms with van der Waals surface area (Å²) in [5.41, 5.74) is 3.18. The lowest BCUT2D eigenvalue weighted by molar-refractivity contribution is 0.284. The zero-order valence-corrected chi connectivity index (χ0v) is 15.5. The lowest BCUT2D eigenvalue weighted by Gasteiger charge is -2.13. The minimum absolute atomic E-state index is 0.469. The Morgan fingerprint density at radius 2 is 1.84 bits per heavy atom. The van der Waals surface area contributed by atoms with E-state index < -0.39 is 0 Å². The van der Waals surface area contributed by atoms with Crippen LogP contribution in [0.2, 0.25) is 0 Å². The Bertz CT molecular complexity index is 862. The van der Waals surface area contributed by atoms with E-state index in [9.17, 15) is 0 Å². The van der Waals surface area contributed by atoms with Crippen LogP contribution in [-0.2, 0) is 6.61 Å². The summed E-state index contributed by atoms with van der Waals surface area (Å²) < 4.78 is 13.7. The molecule has 0 bridgehead atoms. The van der Waals surface area contributed by atoms with Crippen LogP contribution >= 0.6 is 15.9 Å². The quantitative estimate of drug-likeness (QED) is 0.590. The van der Waals surface area contributed by atoms with Gasteiger partial charge < -0.3 is 9.47 Å². The summed E-state index contributed by atoms with van der Waals surface area (Å²) in [4.78, 5) is 0. The fraction of sp³-hybridized carbons (Fsp3) is 0.167. The maximum Gasteiger partial charge on any atom is 0.162 e. The van der Waals surface area contributed by atoms with Gasteiger partial charge in [-0.25, -0.2) is 4.68 Å². The number of hydrogen-bond donors (Lipinski definition) is 0. The van der Waals surface area contributed by atoms with E-state index in [0.717, 1.165) is 15.6 Å². The van der Waals surface area contributed by atoms with Crippen molar-refractivity contribution in [1.29, 1.82) is 0 Å². The standard InChI is InChI=1S/C18H17BrN4O2/c1-13-3-5-14(6-4-13)10-25-18-8-16(19)15(7-17(18)24-2)9-22-23-11-20-21-12-23/h3-9,11-12H,10H2,1-2H3/b22-9+. The Morgan fingerprint density at radius 3 is 2.52 bits per heavy atom. The smallest absolute Gasteiger partial charge is 0.162 e. The number of nitrogens with zero attached hydrogens (tertiary/aromatic N) is 4. The van der Waals surface area contributed by atoms with Crippen LogP contribution in [0.5, 0.6) is 11.5 Å². The van der Waals surface area contributed by atoms with E-state index >= 15 is 0 Å². The van der Waals surface area contributed by atoms with Gasteiger partial charge in [-0.2, -0.15) is 5.10 Å². The normalized spacial score (nSPS) is 11.0. The third-order valence-electron chi connectivity index (χ3n) is 3.53. The first-order valence-electron chi connectivity index (χ1n) is 7.60. The topological polar surface area (TPSA) is 61.5 Å². The van der Waals surface area contributed by atoms with Crippen molar-refractivity contribution in [2.75, 3.05) is 7.11 Å². The lowest BCUT2D eigenvalue weighted by Crippen LogP contribution is -1.99. The molecule has 0 atom stereocenters. The first-order valence-corrected chi connectivity index (χ1v) is 8.40. The number of ether oxygens (including phenoxy) is 2. The average molecular weight is 401 g/mol. The molecule has 0 radical (unpaired) electrons. The highest BCUT2D eigenvalue weighted by Crippen LogP contribution is 2.33. The summed E-state index contributed by atoms with van der Waals surface area (Å²) in [6.07, 6.45) is 4.72. The number of halogens is 1. The highest BCUT2D eigenvalue weighted by atomic mass is 79.9. The van der Waals surface area contributed by atoms with Crippen molar-refractivity contribution in [1.82, 2.24) is 14.9 Å². The molecule has 6 nitrogen and oxygen atoms in total. The molecule has 128 valence electrons. The molecule has 3 rings (SSSR count). The first kappa shape index (κ1) is 17.2. The highest BCUT2D eigenvalue weighted by Gasteiger charge is 2.10. The Hall–Kier alpha value is -2.67. The van der Waals surface area contributed by atoms with Crippen LogP contribution in [0.3, 0.4) is 0 Å². The Labute approximate surface area is 154 Å². The molecule has 1 heterocycles. The van der Waals surface area contributed by atoms with E-state index in [0.29, 0.717) is 18.1 Å². The van der Waals surface area contributed by atoms with Crippen LogP contribution in [0.4, 0.5) is 0 Å². The molecule has 0 aliphatic rings. The number of benzene rings is 2. The van der Waals surface area contributed by atoms with Crippen LogP contribution in [0.25, 0.3) is 0 Å². The summed E-state index contributed by atoms with van der Waals surface area (Å²) in [6, 6.07) is 12.0. The molecule has 7 heteroatoms. The van der Waals surface area contributed by atoms with Gasteiger partial charge in [0.25, 0.3) is 0 Å². The minimum Gasteiger partial charge on any atom is -0.493 e. The van der Waals surface area contributed by atoms with Crippen molar-refractivity contribution in [2.45, 2.75) is 13.5 Å². The van der Waals surface area contributed by atoms with E-state index in [1.54, 1.807) is 13.3 Å². The molecule has 3 aromatic rings. The van der Waals surface area contributed by atoms with Gasteiger partial charge in [0, 0.05) is 10.0 Å². The van der Waals surface area contributed by atoms with Gasteiger partial charge in [-0.05, 0) is 40.5 Å². The van der Waals surface area contributed by atoms with Crippen molar-refractivity contribution in [3.05, 3.63) is 70.2 Å². The monoisotopic (exact) mass is 400 g/mol. The maximum absolute atomic E-state index is 5.92. The van der Waals surface area contributed by atoms with Gasteiger partial charge in [0.2, 0.25) is 0 Å². The summed E-state index contributed by atoms with van der Waals surface area (Å²) in [7, 11) is 1.61. The van der Waals surface area contributed by atoms with Crippen LogP contribution in [0, 0.1) is 6.92 Å². The van der Waals surface area contributed by atoms with Gasteiger partial charge in [-0.1, -0.05) is 29.8 Å². The van der Waals surface area contributed by atoms with Gasteiger partial charge in [0.1, 0.15) is 19.3 Å². The second kappa shape index (κ2) is 7.94. The van der Waals surface area contributed by atoms with Crippen molar-refractivity contribution in [2.24, 2.45) is 5.10 Å². The molecule has 0 fully saturated rings. The molecule has 2 aromatic carbocycles. The Kier molecular flexibility index (Phi) is 5.45. The van der Waals surface area contributed by atoms with Crippen LogP contribution in [-0.4, -0.2) is 28.2 Å². The Balaban J connectivity index is 1.78. The van der Waals surface area contributed by atoms with Gasteiger partial charge >= 0.3 is 0 Å². The predicted octanol–water partition coefficient (Wildman–Crippen LogP) is 3.82. The van der Waals surface area contributed by atoms with E-state index in [2.05, 4.69) is 62.4 Å². The molecule has 0 aliphatic heterocycles. The van der Waals surface area contributed by atoms with Crippen LogP contribution in [0.1, 0.15) is 16.7 Å². The van der Waals surface area contributed by atoms with Gasteiger partial charge in [-0.15, -0.1) is 10.2 Å². The third kappa shape index (κ3) is 4.45. The molecular formula is C18H17BrN4O2. The van der Waals surface area contributed by atoms with E-state index in [-0.39, 0.29) is 0 Å². The number of rotatable bonds is 6. The van der Waals surface area contributed by atoms with Gasteiger partial charge in [0.05, 0.1) is 13.3 Å². The first-order chi connectivity index (χ1) is 12.2. The van der Waals surface area contributed by atoms with Crippen molar-refractivity contribution >= 4 is 22.1 Å². The zero-order chi connectivity index (χ0) is 17.6. The van der Waals surface area contributed by atoms with Gasteiger partial charge in [-0.3, -0.25) is 0 Å². The van der Waals surface area contributed by atoms with E-state index in [1.807, 2.05) is 12.1 Å². The van der Waals surface area contributed by atoms with E-state index in [1.165, 1.54) is 22.9 Å². The number of hydrogen-bond acceptors (Lipinski definition) is 5. The van der Waals surface area contributed by atoms with Crippen molar-refractivity contribution in [3.63, 3.8) is 0 Å². The van der Waals surface area contributed by atoms with Crippen molar-refractivity contribution < 1.29 is 9.47 Å². The summed E-state index contributed by atoms with van der Waals surface area (Å²) in [5, 5.41) is 11.7. The summed E-state index contributed by atoms with van der Waals surface area (Å²) in [5.74, 6) is 1.30. The minimum atomic E-state index is 0.469. The van der Waals surface area contributed by atoms with Gasteiger partial charge in [0.15, 0.2) is 11.5 Å². The molecule has 0 unspecified atom stereocenters. The molecule has 0 N–H and O–H groups in total. The Morgan fingerprint density at radius 1 is 1.12 bits per heavy atom. The molecule has 0 amide bonds. The molecule has 1 aromatic heterocycles. The second-order valence-electron chi connectivity index (χ2n) is 5.39. The molecule has 0 aliphatic carbocycles. The van der Waals surface area contributed by atoms with Crippen LogP contribution < -0.4 is 9.47 Å². The fourth-order valence-corrected chi connectivity index (χ4v) is 2.58. The summed E-state index contributed by atoms with van der Waals surface area (Å²) >= 11 is 3.54. The molecule has 25 heavy (non-hydrogen) atoms. The fourth-order valence-electron chi connectivity index (χ4n) is 2.15. The lowest BCUT2D eigenvalue weighted by atomic mass is 10.2. The molecule has 0 saturated carbocycles. The molecular weight excluding hydrogens is 384 g/mol. The average Bonchev–Trinajstić information content (AvgIpc) is 3.14. The SMILES string of the molecule is COc1cc(/C=N/n2cnnc2)c(Br)cc1OCc1ccc(C)cc1. The highest BCUT2D eigenvalue weighted by molar-refractivity contribution is 9.10. The van der Waals surface area contributed by atoms with Crippen LogP contribution in [0.15, 0.2) is 58.6 Å².